The molecule has 100 valence electrons. The maximum atomic E-state index is 11.7. The van der Waals surface area contributed by atoms with E-state index < -0.39 is 0 Å². The summed E-state index contributed by atoms with van der Waals surface area (Å²) in [6, 6.07) is 7.06. The lowest BCUT2D eigenvalue weighted by atomic mass is 10.3. The van der Waals surface area contributed by atoms with Crippen LogP contribution in [0.25, 0.3) is 0 Å². The Bertz CT molecular complexity index is 576. The molecule has 1 aromatic carbocycles. The molecule has 1 heterocycles. The van der Waals surface area contributed by atoms with E-state index in [0.717, 1.165) is 8.68 Å². The number of benzene rings is 1. The molecule has 4 nitrogen and oxygen atoms in total. The van der Waals surface area contributed by atoms with E-state index >= 15 is 0 Å². The van der Waals surface area contributed by atoms with Gasteiger partial charge in [0.15, 0.2) is 8.68 Å². The van der Waals surface area contributed by atoms with Crippen molar-refractivity contribution in [2.24, 2.45) is 0 Å². The van der Waals surface area contributed by atoms with E-state index in [0.29, 0.717) is 16.5 Å². The molecule has 1 N–H and O–H groups in total. The van der Waals surface area contributed by atoms with Crippen molar-refractivity contribution in [1.82, 2.24) is 10.2 Å². The number of carbonyl (C=O) groups is 1. The monoisotopic (exact) mass is 331 g/mol. The predicted molar refractivity (Wildman–Crippen MR) is 82.5 cm³/mol. The zero-order chi connectivity index (χ0) is 13.7. The molecule has 0 spiro atoms. The lowest BCUT2D eigenvalue weighted by Gasteiger charge is -2.04. The van der Waals surface area contributed by atoms with Crippen LogP contribution in [0, 0.1) is 0 Å². The van der Waals surface area contributed by atoms with Gasteiger partial charge in [-0.2, -0.15) is 0 Å². The van der Waals surface area contributed by atoms with Crippen LogP contribution in [0.5, 0.6) is 0 Å². The first kappa shape index (κ1) is 14.6. The second-order valence-electron chi connectivity index (χ2n) is 3.39. The molecule has 19 heavy (non-hydrogen) atoms. The predicted octanol–water partition coefficient (Wildman–Crippen LogP) is 3.64. The fourth-order valence-corrected chi connectivity index (χ4v) is 3.66. The van der Waals surface area contributed by atoms with Gasteiger partial charge in [0, 0.05) is 10.7 Å². The van der Waals surface area contributed by atoms with Crippen LogP contribution >= 0.6 is 46.5 Å². The number of thioether (sulfide) groups is 2. The number of nitrogens with one attached hydrogen (secondary N) is 1. The summed E-state index contributed by atoms with van der Waals surface area (Å²) in [6.07, 6.45) is 1.95. The highest BCUT2D eigenvalue weighted by Gasteiger charge is 2.08. The standard InChI is InChI=1S/C11H10ClN3OS3/c1-17-10-14-15-11(19-10)18-6-9(16)13-8-4-2-3-7(12)5-8/h2-5H,6H2,1H3,(H,13,16). The maximum absolute atomic E-state index is 11.7. The van der Waals surface area contributed by atoms with Gasteiger partial charge in [-0.25, -0.2) is 0 Å². The first-order chi connectivity index (χ1) is 9.17. The van der Waals surface area contributed by atoms with Crippen molar-refractivity contribution in [3.8, 4) is 0 Å². The van der Waals surface area contributed by atoms with E-state index in [-0.39, 0.29) is 5.91 Å². The van der Waals surface area contributed by atoms with E-state index in [1.54, 1.807) is 36.0 Å². The van der Waals surface area contributed by atoms with Gasteiger partial charge in [-0.3, -0.25) is 4.79 Å². The van der Waals surface area contributed by atoms with Crippen molar-refractivity contribution in [3.05, 3.63) is 29.3 Å². The number of hydrogen-bond acceptors (Lipinski definition) is 6. The van der Waals surface area contributed by atoms with Crippen LogP contribution < -0.4 is 5.32 Å². The highest BCUT2D eigenvalue weighted by Crippen LogP contribution is 2.27. The Morgan fingerprint density at radius 3 is 2.89 bits per heavy atom. The summed E-state index contributed by atoms with van der Waals surface area (Å²) in [5.41, 5.74) is 0.695. The molecular weight excluding hydrogens is 322 g/mol. The summed E-state index contributed by atoms with van der Waals surface area (Å²) >= 11 is 10.2. The van der Waals surface area contributed by atoms with E-state index in [4.69, 9.17) is 11.6 Å². The molecule has 0 fully saturated rings. The Hall–Kier alpha value is -0.760. The number of carbonyl (C=O) groups excluding carboxylic acids is 1. The molecule has 0 bridgehead atoms. The van der Waals surface area contributed by atoms with Gasteiger partial charge in [0.2, 0.25) is 5.91 Å². The van der Waals surface area contributed by atoms with Gasteiger partial charge in [0.05, 0.1) is 5.75 Å². The molecule has 0 saturated carbocycles. The average Bonchev–Trinajstić information content (AvgIpc) is 2.84. The zero-order valence-corrected chi connectivity index (χ0v) is 13.1. The summed E-state index contributed by atoms with van der Waals surface area (Å²) in [7, 11) is 0. The van der Waals surface area contributed by atoms with Gasteiger partial charge in [-0.05, 0) is 24.5 Å². The summed E-state index contributed by atoms with van der Waals surface area (Å²) in [5.74, 6) is 0.211. The average molecular weight is 332 g/mol. The zero-order valence-electron chi connectivity index (χ0n) is 9.92. The van der Waals surface area contributed by atoms with Crippen molar-refractivity contribution >= 4 is 58.1 Å². The van der Waals surface area contributed by atoms with Gasteiger partial charge < -0.3 is 5.32 Å². The minimum Gasteiger partial charge on any atom is -0.325 e. The van der Waals surface area contributed by atoms with Crippen LogP contribution in [-0.2, 0) is 4.79 Å². The number of halogens is 1. The van der Waals surface area contributed by atoms with E-state index in [2.05, 4.69) is 15.5 Å². The third-order valence-corrected chi connectivity index (χ3v) is 5.26. The van der Waals surface area contributed by atoms with Crippen LogP contribution in [0.4, 0.5) is 5.69 Å². The van der Waals surface area contributed by atoms with Crippen molar-refractivity contribution < 1.29 is 4.79 Å². The highest BCUT2D eigenvalue weighted by molar-refractivity contribution is 8.03. The number of hydrogen-bond donors (Lipinski definition) is 1. The number of amides is 1. The lowest BCUT2D eigenvalue weighted by Crippen LogP contribution is -2.13. The van der Waals surface area contributed by atoms with Crippen molar-refractivity contribution in [1.29, 1.82) is 0 Å². The Morgan fingerprint density at radius 2 is 2.21 bits per heavy atom. The molecule has 1 aromatic heterocycles. The van der Waals surface area contributed by atoms with E-state index in [1.807, 2.05) is 6.26 Å². The lowest BCUT2D eigenvalue weighted by molar-refractivity contribution is -0.113. The fraction of sp³-hybridized carbons (Fsp3) is 0.182. The third-order valence-electron chi connectivity index (χ3n) is 2.00. The minimum absolute atomic E-state index is 0.0897. The Balaban J connectivity index is 1.84. The van der Waals surface area contributed by atoms with Gasteiger partial charge >= 0.3 is 0 Å². The molecule has 0 saturated heterocycles. The molecule has 0 atom stereocenters. The summed E-state index contributed by atoms with van der Waals surface area (Å²) < 4.78 is 1.70. The number of aromatic nitrogens is 2. The molecule has 1 amide bonds. The van der Waals surface area contributed by atoms with Crippen molar-refractivity contribution in [3.63, 3.8) is 0 Å². The molecule has 2 aromatic rings. The smallest absolute Gasteiger partial charge is 0.234 e. The number of rotatable bonds is 5. The number of anilines is 1. The topological polar surface area (TPSA) is 54.9 Å². The quantitative estimate of drug-likeness (QED) is 0.848. The Morgan fingerprint density at radius 1 is 1.42 bits per heavy atom. The molecule has 2 rings (SSSR count). The molecular formula is C11H10ClN3OS3. The summed E-state index contributed by atoms with van der Waals surface area (Å²) in [5, 5.41) is 11.3. The normalized spacial score (nSPS) is 10.4. The molecule has 8 heteroatoms. The summed E-state index contributed by atoms with van der Waals surface area (Å²) in [6.45, 7) is 0. The first-order valence-corrected chi connectivity index (χ1v) is 8.63. The largest absolute Gasteiger partial charge is 0.325 e. The molecule has 0 unspecified atom stereocenters. The van der Waals surface area contributed by atoms with Crippen LogP contribution in [-0.4, -0.2) is 28.1 Å². The van der Waals surface area contributed by atoms with Crippen LogP contribution in [0.3, 0.4) is 0 Å². The highest BCUT2D eigenvalue weighted by atomic mass is 35.5. The van der Waals surface area contributed by atoms with Gasteiger partial charge in [0.25, 0.3) is 0 Å². The second kappa shape index (κ2) is 7.14. The molecule has 0 aliphatic carbocycles. The third kappa shape index (κ3) is 4.68. The fourth-order valence-electron chi connectivity index (χ4n) is 1.23. The summed E-state index contributed by atoms with van der Waals surface area (Å²) in [4.78, 5) is 11.7. The second-order valence-corrected chi connectivity index (χ2v) is 7.07. The minimum atomic E-state index is -0.0897. The molecule has 0 aliphatic rings. The first-order valence-electron chi connectivity index (χ1n) is 5.23. The SMILES string of the molecule is CSc1nnc(SCC(=O)Nc2cccc(Cl)c2)s1. The number of nitrogens with zero attached hydrogens (tertiary/aromatic N) is 2. The van der Waals surface area contributed by atoms with Crippen LogP contribution in [0.15, 0.2) is 32.9 Å². The molecule has 0 radical (unpaired) electrons. The van der Waals surface area contributed by atoms with Gasteiger partial charge in [-0.15, -0.1) is 10.2 Å². The van der Waals surface area contributed by atoms with Crippen LogP contribution in [0.1, 0.15) is 0 Å². The van der Waals surface area contributed by atoms with Crippen molar-refractivity contribution in [2.75, 3.05) is 17.3 Å². The van der Waals surface area contributed by atoms with Gasteiger partial charge in [0.1, 0.15) is 0 Å². The van der Waals surface area contributed by atoms with Crippen molar-refractivity contribution in [2.45, 2.75) is 8.68 Å². The van der Waals surface area contributed by atoms with E-state index in [9.17, 15) is 4.79 Å². The maximum Gasteiger partial charge on any atom is 0.234 e. The van der Waals surface area contributed by atoms with Gasteiger partial charge in [-0.1, -0.05) is 52.5 Å². The van der Waals surface area contributed by atoms with E-state index in [1.165, 1.54) is 23.1 Å². The van der Waals surface area contributed by atoms with Crippen LogP contribution in [0.2, 0.25) is 5.02 Å². The Kier molecular flexibility index (Phi) is 5.50. The Labute approximate surface area is 128 Å². The molecule has 0 aliphatic heterocycles.